The first-order chi connectivity index (χ1) is 16.7. The van der Waals surface area contributed by atoms with Gasteiger partial charge in [0, 0.05) is 48.8 Å². The molecule has 196 valence electrons. The van der Waals surface area contributed by atoms with Crippen molar-refractivity contribution in [1.82, 2.24) is 15.5 Å². The van der Waals surface area contributed by atoms with Crippen molar-refractivity contribution in [3.63, 3.8) is 0 Å². The van der Waals surface area contributed by atoms with Gasteiger partial charge in [-0.25, -0.2) is 0 Å². The van der Waals surface area contributed by atoms with Crippen LogP contribution in [-0.4, -0.2) is 54.3 Å². The normalized spacial score (nSPS) is 15.9. The number of amides is 3. The van der Waals surface area contributed by atoms with E-state index in [1.165, 1.54) is 12.8 Å². The van der Waals surface area contributed by atoms with Crippen LogP contribution in [0.3, 0.4) is 0 Å². The van der Waals surface area contributed by atoms with E-state index in [2.05, 4.69) is 38.3 Å². The highest BCUT2D eigenvalue weighted by Gasteiger charge is 2.27. The molecule has 0 aromatic heterocycles. The van der Waals surface area contributed by atoms with Crippen LogP contribution in [0.4, 0.5) is 0 Å². The van der Waals surface area contributed by atoms with Crippen LogP contribution in [0.15, 0.2) is 24.3 Å². The van der Waals surface area contributed by atoms with Gasteiger partial charge in [-0.1, -0.05) is 40.7 Å². The molecule has 0 bridgehead atoms. The van der Waals surface area contributed by atoms with Gasteiger partial charge < -0.3 is 21.3 Å². The van der Waals surface area contributed by atoms with Gasteiger partial charge >= 0.3 is 0 Å². The summed E-state index contributed by atoms with van der Waals surface area (Å²) in [4.78, 5) is 40.5. The average molecular weight is 487 g/mol. The Labute approximate surface area is 211 Å². The highest BCUT2D eigenvalue weighted by molar-refractivity contribution is 5.99. The molecular formula is C28H46N4O3. The predicted molar refractivity (Wildman–Crippen MR) is 141 cm³/mol. The van der Waals surface area contributed by atoms with Gasteiger partial charge in [-0.2, -0.15) is 0 Å². The molecule has 0 aliphatic heterocycles. The maximum absolute atomic E-state index is 13.2. The summed E-state index contributed by atoms with van der Waals surface area (Å²) in [6.45, 7) is 12.3. The Morgan fingerprint density at radius 2 is 1.66 bits per heavy atom. The zero-order chi connectivity index (χ0) is 26.0. The topological polar surface area (TPSA) is 105 Å². The lowest BCUT2D eigenvalue weighted by molar-refractivity contribution is -0.124. The minimum absolute atomic E-state index is 0.0249. The van der Waals surface area contributed by atoms with Gasteiger partial charge in [0.1, 0.15) is 0 Å². The number of hydrogen-bond acceptors (Lipinski definition) is 4. The second-order valence-electron chi connectivity index (χ2n) is 10.6. The molecule has 2 rings (SSSR count). The van der Waals surface area contributed by atoms with E-state index in [1.54, 1.807) is 24.3 Å². The molecule has 0 heterocycles. The third-order valence-corrected chi connectivity index (χ3v) is 6.54. The smallest absolute Gasteiger partial charge is 0.253 e. The van der Waals surface area contributed by atoms with Gasteiger partial charge in [-0.3, -0.25) is 14.4 Å². The SMILES string of the molecule is CCCN(CCC)C(=O)c1cccc(C(=O)N[C@@H](CC(C)C)[C@@H](N)C[C@@H](C)C(=O)NCC2CC2)c1. The summed E-state index contributed by atoms with van der Waals surface area (Å²) >= 11 is 0. The van der Waals surface area contributed by atoms with Crippen molar-refractivity contribution in [1.29, 1.82) is 0 Å². The summed E-state index contributed by atoms with van der Waals surface area (Å²) < 4.78 is 0. The number of hydrogen-bond donors (Lipinski definition) is 3. The Kier molecular flexibility index (Phi) is 11.7. The Morgan fingerprint density at radius 1 is 1.03 bits per heavy atom. The van der Waals surface area contributed by atoms with Crippen molar-refractivity contribution < 1.29 is 14.4 Å². The molecule has 1 aliphatic rings. The zero-order valence-corrected chi connectivity index (χ0v) is 22.3. The van der Waals surface area contributed by atoms with Gasteiger partial charge in [0.05, 0.1) is 0 Å². The minimum atomic E-state index is -0.350. The molecule has 0 radical (unpaired) electrons. The largest absolute Gasteiger partial charge is 0.356 e. The van der Waals surface area contributed by atoms with Crippen molar-refractivity contribution in [2.45, 2.75) is 85.2 Å². The second kappa shape index (κ2) is 14.2. The number of nitrogens with two attached hydrogens (primary N) is 1. The van der Waals surface area contributed by atoms with Crippen LogP contribution in [0, 0.1) is 17.8 Å². The summed E-state index contributed by atoms with van der Waals surface area (Å²) in [5.41, 5.74) is 7.49. The van der Waals surface area contributed by atoms with Crippen LogP contribution >= 0.6 is 0 Å². The van der Waals surface area contributed by atoms with Crippen LogP contribution in [0.25, 0.3) is 0 Å². The fraction of sp³-hybridized carbons (Fsp3) is 0.679. The molecule has 1 aliphatic carbocycles. The van der Waals surface area contributed by atoms with E-state index in [1.807, 2.05) is 11.8 Å². The molecule has 4 N–H and O–H groups in total. The molecule has 7 nitrogen and oxygen atoms in total. The molecule has 3 amide bonds. The lowest BCUT2D eigenvalue weighted by atomic mass is 9.90. The molecule has 7 heteroatoms. The lowest BCUT2D eigenvalue weighted by Gasteiger charge is -2.28. The fourth-order valence-corrected chi connectivity index (χ4v) is 4.35. The maximum Gasteiger partial charge on any atom is 0.253 e. The zero-order valence-electron chi connectivity index (χ0n) is 22.3. The second-order valence-corrected chi connectivity index (χ2v) is 10.6. The van der Waals surface area contributed by atoms with E-state index in [0.29, 0.717) is 48.9 Å². The van der Waals surface area contributed by atoms with E-state index in [9.17, 15) is 14.4 Å². The molecule has 1 aromatic rings. The molecule has 35 heavy (non-hydrogen) atoms. The molecule has 1 saturated carbocycles. The Balaban J connectivity index is 2.05. The van der Waals surface area contributed by atoms with Gasteiger partial charge in [-0.15, -0.1) is 0 Å². The summed E-state index contributed by atoms with van der Waals surface area (Å²) in [5, 5.41) is 6.12. The molecule has 0 unspecified atom stereocenters. The number of rotatable bonds is 15. The van der Waals surface area contributed by atoms with Crippen LogP contribution in [0.1, 0.15) is 93.9 Å². The molecule has 3 atom stereocenters. The van der Waals surface area contributed by atoms with E-state index in [-0.39, 0.29) is 35.7 Å². The first-order valence-corrected chi connectivity index (χ1v) is 13.4. The number of benzene rings is 1. The third kappa shape index (κ3) is 9.63. The van der Waals surface area contributed by atoms with E-state index < -0.39 is 0 Å². The van der Waals surface area contributed by atoms with Gasteiger partial charge in [-0.05, 0) is 68.6 Å². The number of nitrogens with zero attached hydrogens (tertiary/aromatic N) is 1. The van der Waals surface area contributed by atoms with E-state index >= 15 is 0 Å². The van der Waals surface area contributed by atoms with Crippen molar-refractivity contribution in [3.8, 4) is 0 Å². The first kappa shape index (κ1) is 28.8. The molecule has 1 aromatic carbocycles. The molecule has 0 saturated heterocycles. The minimum Gasteiger partial charge on any atom is -0.356 e. The fourth-order valence-electron chi connectivity index (χ4n) is 4.35. The van der Waals surface area contributed by atoms with Crippen LogP contribution in [-0.2, 0) is 4.79 Å². The number of carbonyl (C=O) groups excluding carboxylic acids is 3. The number of carbonyl (C=O) groups is 3. The quantitative estimate of drug-likeness (QED) is 0.349. The van der Waals surface area contributed by atoms with Crippen LogP contribution in [0.2, 0.25) is 0 Å². The molecule has 0 spiro atoms. The van der Waals surface area contributed by atoms with Gasteiger partial charge in [0.2, 0.25) is 5.91 Å². The summed E-state index contributed by atoms with van der Waals surface area (Å²) in [6, 6.07) is 6.29. The summed E-state index contributed by atoms with van der Waals surface area (Å²) in [6.07, 6.45) is 5.37. The third-order valence-electron chi connectivity index (χ3n) is 6.54. The highest BCUT2D eigenvalue weighted by atomic mass is 16.2. The molecule has 1 fully saturated rings. The summed E-state index contributed by atoms with van der Waals surface area (Å²) in [7, 11) is 0. The van der Waals surface area contributed by atoms with Crippen LogP contribution < -0.4 is 16.4 Å². The molecular weight excluding hydrogens is 440 g/mol. The lowest BCUT2D eigenvalue weighted by Crippen LogP contribution is -2.50. The van der Waals surface area contributed by atoms with Gasteiger partial charge in [0.25, 0.3) is 11.8 Å². The number of nitrogens with one attached hydrogen (secondary N) is 2. The predicted octanol–water partition coefficient (Wildman–Crippen LogP) is 3.97. The van der Waals surface area contributed by atoms with E-state index in [4.69, 9.17) is 5.73 Å². The Morgan fingerprint density at radius 3 is 2.23 bits per heavy atom. The van der Waals surface area contributed by atoms with Gasteiger partial charge in [0.15, 0.2) is 0 Å². The van der Waals surface area contributed by atoms with Crippen LogP contribution in [0.5, 0.6) is 0 Å². The standard InChI is InChI=1S/C28H46N4O3/c1-6-13-32(14-7-2)28(35)23-10-8-9-22(17-23)27(34)31-25(15-19(3)4)24(29)16-20(5)26(33)30-18-21-11-12-21/h8-10,17,19-21,24-25H,6-7,11-16,18,29H2,1-5H3,(H,30,33)(H,31,34)/t20-,24+,25+/m1/s1. The van der Waals surface area contributed by atoms with E-state index in [0.717, 1.165) is 19.4 Å². The average Bonchev–Trinajstić information content (AvgIpc) is 3.65. The monoisotopic (exact) mass is 486 g/mol. The maximum atomic E-state index is 13.2. The first-order valence-electron chi connectivity index (χ1n) is 13.4. The van der Waals surface area contributed by atoms with Crippen molar-refractivity contribution >= 4 is 17.7 Å². The highest BCUT2D eigenvalue weighted by Crippen LogP contribution is 2.27. The van der Waals surface area contributed by atoms with Crippen molar-refractivity contribution in [3.05, 3.63) is 35.4 Å². The van der Waals surface area contributed by atoms with Crippen molar-refractivity contribution in [2.75, 3.05) is 19.6 Å². The van der Waals surface area contributed by atoms with Crippen molar-refractivity contribution in [2.24, 2.45) is 23.5 Å². The summed E-state index contributed by atoms with van der Waals surface area (Å²) in [5.74, 6) is 0.464. The Hall–Kier alpha value is -2.41. The Bertz CT molecular complexity index is 831.